The Bertz CT molecular complexity index is 751. The van der Waals surface area contributed by atoms with Crippen molar-refractivity contribution in [2.75, 3.05) is 5.32 Å². The number of hydrogen-bond donors (Lipinski definition) is 2. The smallest absolute Gasteiger partial charge is 0.251 e. The summed E-state index contributed by atoms with van der Waals surface area (Å²) < 4.78 is 0. The van der Waals surface area contributed by atoms with Gasteiger partial charge in [0.1, 0.15) is 0 Å². The fourth-order valence-electron chi connectivity index (χ4n) is 3.09. The van der Waals surface area contributed by atoms with Crippen LogP contribution in [0.15, 0.2) is 42.5 Å². The second-order valence-electron chi connectivity index (χ2n) is 6.25. The molecule has 0 fully saturated rings. The first-order valence-electron chi connectivity index (χ1n) is 8.38. The number of hydrogen-bond acceptors (Lipinski definition) is 2. The lowest BCUT2D eigenvalue weighted by molar-refractivity contribution is -0.114. The molecule has 3 rings (SSSR count). The second-order valence-corrected chi connectivity index (χ2v) is 6.25. The van der Waals surface area contributed by atoms with Crippen molar-refractivity contribution in [2.45, 2.75) is 39.2 Å². The van der Waals surface area contributed by atoms with E-state index in [1.54, 1.807) is 24.3 Å². The first kappa shape index (κ1) is 16.2. The number of benzene rings is 2. The third-order valence-corrected chi connectivity index (χ3v) is 4.33. The first-order chi connectivity index (χ1) is 11.6. The summed E-state index contributed by atoms with van der Waals surface area (Å²) >= 11 is 0. The second kappa shape index (κ2) is 7.30. The average molecular weight is 322 g/mol. The van der Waals surface area contributed by atoms with Gasteiger partial charge in [0.2, 0.25) is 5.91 Å². The van der Waals surface area contributed by atoms with Gasteiger partial charge in [-0.25, -0.2) is 0 Å². The van der Waals surface area contributed by atoms with Crippen LogP contribution in [0.1, 0.15) is 46.8 Å². The molecule has 0 saturated carbocycles. The Morgan fingerprint density at radius 1 is 0.958 bits per heavy atom. The molecular weight excluding hydrogens is 300 g/mol. The molecule has 0 heterocycles. The van der Waals surface area contributed by atoms with Crippen LogP contribution in [0.3, 0.4) is 0 Å². The highest BCUT2D eigenvalue weighted by Crippen LogP contribution is 2.22. The number of amides is 2. The third kappa shape index (κ3) is 4.02. The summed E-state index contributed by atoms with van der Waals surface area (Å²) in [5.41, 5.74) is 5.28. The van der Waals surface area contributed by atoms with E-state index < -0.39 is 0 Å². The highest BCUT2D eigenvalue weighted by molar-refractivity contribution is 5.95. The van der Waals surface area contributed by atoms with Crippen LogP contribution in [-0.4, -0.2) is 11.8 Å². The minimum atomic E-state index is -0.125. The van der Waals surface area contributed by atoms with Crippen LogP contribution < -0.4 is 10.6 Å². The predicted molar refractivity (Wildman–Crippen MR) is 95.0 cm³/mol. The van der Waals surface area contributed by atoms with Gasteiger partial charge < -0.3 is 10.6 Å². The number of aryl methyl sites for hydroxylation is 2. The molecule has 4 heteroatoms. The molecule has 1 aliphatic carbocycles. The minimum absolute atomic E-state index is 0.109. The van der Waals surface area contributed by atoms with Crippen molar-refractivity contribution >= 4 is 17.5 Å². The molecular formula is C20H22N2O2. The van der Waals surface area contributed by atoms with Crippen molar-refractivity contribution in [1.82, 2.24) is 5.32 Å². The van der Waals surface area contributed by atoms with E-state index in [-0.39, 0.29) is 11.8 Å². The van der Waals surface area contributed by atoms with Crippen LogP contribution in [0.25, 0.3) is 0 Å². The van der Waals surface area contributed by atoms with Crippen LogP contribution in [0, 0.1) is 0 Å². The van der Waals surface area contributed by atoms with Gasteiger partial charge in [0.15, 0.2) is 0 Å². The van der Waals surface area contributed by atoms with Gasteiger partial charge in [-0.05, 0) is 66.6 Å². The Morgan fingerprint density at radius 3 is 2.38 bits per heavy atom. The largest absolute Gasteiger partial charge is 0.348 e. The number of nitrogens with one attached hydrogen (secondary N) is 2. The summed E-state index contributed by atoms with van der Waals surface area (Å²) in [7, 11) is 0. The molecule has 0 aliphatic heterocycles. The zero-order valence-corrected chi connectivity index (χ0v) is 13.9. The molecule has 0 unspecified atom stereocenters. The third-order valence-electron chi connectivity index (χ3n) is 4.33. The van der Waals surface area contributed by atoms with Gasteiger partial charge in [0, 0.05) is 24.7 Å². The maximum atomic E-state index is 12.2. The van der Waals surface area contributed by atoms with Gasteiger partial charge in [-0.3, -0.25) is 9.59 Å². The lowest BCUT2D eigenvalue weighted by Crippen LogP contribution is -2.23. The van der Waals surface area contributed by atoms with Gasteiger partial charge in [-0.15, -0.1) is 0 Å². The number of rotatable bonds is 4. The summed E-state index contributed by atoms with van der Waals surface area (Å²) in [6.07, 6.45) is 4.84. The lowest BCUT2D eigenvalue weighted by atomic mass is 9.90. The SMILES string of the molecule is CC(=O)Nc1ccc(C(=O)NCc2ccc3c(c2)CCCC3)cc1. The van der Waals surface area contributed by atoms with E-state index in [1.807, 2.05) is 0 Å². The van der Waals surface area contributed by atoms with Gasteiger partial charge >= 0.3 is 0 Å². The molecule has 2 N–H and O–H groups in total. The maximum absolute atomic E-state index is 12.2. The predicted octanol–water partition coefficient (Wildman–Crippen LogP) is 3.45. The Kier molecular flexibility index (Phi) is 4.94. The molecule has 0 spiro atoms. The molecule has 24 heavy (non-hydrogen) atoms. The van der Waals surface area contributed by atoms with Crippen molar-refractivity contribution in [3.05, 3.63) is 64.7 Å². The van der Waals surface area contributed by atoms with E-state index in [0.29, 0.717) is 17.8 Å². The molecule has 0 radical (unpaired) electrons. The van der Waals surface area contributed by atoms with Crippen LogP contribution in [-0.2, 0) is 24.2 Å². The van der Waals surface area contributed by atoms with Gasteiger partial charge in [0.25, 0.3) is 5.91 Å². The van der Waals surface area contributed by atoms with Crippen molar-refractivity contribution in [3.63, 3.8) is 0 Å². The molecule has 2 aromatic carbocycles. The Hall–Kier alpha value is -2.62. The van der Waals surface area contributed by atoms with Crippen LogP contribution in [0.4, 0.5) is 5.69 Å². The zero-order valence-electron chi connectivity index (χ0n) is 13.9. The summed E-state index contributed by atoms with van der Waals surface area (Å²) in [6, 6.07) is 13.4. The van der Waals surface area contributed by atoms with Crippen molar-refractivity contribution in [3.8, 4) is 0 Å². The van der Waals surface area contributed by atoms with E-state index in [4.69, 9.17) is 0 Å². The number of carbonyl (C=O) groups is 2. The Labute approximate surface area is 142 Å². The summed E-state index contributed by atoms with van der Waals surface area (Å²) in [5.74, 6) is -0.235. The van der Waals surface area contributed by atoms with Crippen molar-refractivity contribution in [2.24, 2.45) is 0 Å². The van der Waals surface area contributed by atoms with E-state index in [1.165, 1.54) is 37.3 Å². The standard InChI is InChI=1S/C20H22N2O2/c1-14(23)22-19-10-8-17(9-11-19)20(24)21-13-15-6-7-16-4-2-3-5-18(16)12-15/h6-12H,2-5,13H2,1H3,(H,21,24)(H,22,23). The molecule has 2 amide bonds. The minimum Gasteiger partial charge on any atom is -0.348 e. The maximum Gasteiger partial charge on any atom is 0.251 e. The highest BCUT2D eigenvalue weighted by atomic mass is 16.2. The monoisotopic (exact) mass is 322 g/mol. The van der Waals surface area contributed by atoms with Crippen molar-refractivity contribution < 1.29 is 9.59 Å². The summed E-state index contributed by atoms with van der Waals surface area (Å²) in [4.78, 5) is 23.2. The van der Waals surface area contributed by atoms with Gasteiger partial charge in [-0.1, -0.05) is 18.2 Å². The zero-order chi connectivity index (χ0) is 16.9. The molecule has 0 saturated heterocycles. The van der Waals surface area contributed by atoms with Gasteiger partial charge in [-0.2, -0.15) is 0 Å². The average Bonchev–Trinajstić information content (AvgIpc) is 2.59. The molecule has 1 aliphatic rings. The number of fused-ring (bicyclic) bond motifs is 1. The van der Waals surface area contributed by atoms with E-state index in [9.17, 15) is 9.59 Å². The van der Waals surface area contributed by atoms with Crippen molar-refractivity contribution in [1.29, 1.82) is 0 Å². The van der Waals surface area contributed by atoms with E-state index >= 15 is 0 Å². The molecule has 124 valence electrons. The van der Waals surface area contributed by atoms with Crippen LogP contribution in [0.2, 0.25) is 0 Å². The quantitative estimate of drug-likeness (QED) is 0.906. The molecule has 4 nitrogen and oxygen atoms in total. The first-order valence-corrected chi connectivity index (χ1v) is 8.38. The summed E-state index contributed by atoms with van der Waals surface area (Å²) in [6.45, 7) is 1.98. The Morgan fingerprint density at radius 2 is 1.67 bits per heavy atom. The fourth-order valence-corrected chi connectivity index (χ4v) is 3.09. The van der Waals surface area contributed by atoms with Crippen LogP contribution in [0.5, 0.6) is 0 Å². The molecule has 2 aromatic rings. The molecule has 0 aromatic heterocycles. The molecule has 0 atom stereocenters. The number of carbonyl (C=O) groups excluding carboxylic acids is 2. The topological polar surface area (TPSA) is 58.2 Å². The fraction of sp³-hybridized carbons (Fsp3) is 0.300. The van der Waals surface area contributed by atoms with Crippen LogP contribution >= 0.6 is 0 Å². The lowest BCUT2D eigenvalue weighted by Gasteiger charge is -2.16. The van der Waals surface area contributed by atoms with Gasteiger partial charge in [0.05, 0.1) is 0 Å². The summed E-state index contributed by atoms with van der Waals surface area (Å²) in [5, 5.41) is 5.64. The highest BCUT2D eigenvalue weighted by Gasteiger charge is 2.10. The Balaban J connectivity index is 1.60. The number of anilines is 1. The normalized spacial score (nSPS) is 13.0. The molecule has 0 bridgehead atoms. The van der Waals surface area contributed by atoms with E-state index in [2.05, 4.69) is 28.8 Å². The van der Waals surface area contributed by atoms with E-state index in [0.717, 1.165) is 12.0 Å².